The molecule has 1 N–H and O–H groups in total. The first kappa shape index (κ1) is 18.0. The molecule has 0 bridgehead atoms. The lowest BCUT2D eigenvalue weighted by Crippen LogP contribution is -1.97. The van der Waals surface area contributed by atoms with Crippen molar-refractivity contribution < 1.29 is 4.74 Å². The van der Waals surface area contributed by atoms with E-state index in [-0.39, 0.29) is 0 Å². The summed E-state index contributed by atoms with van der Waals surface area (Å²) in [6, 6.07) is 16.2. The Hall–Kier alpha value is -2.41. The van der Waals surface area contributed by atoms with Crippen LogP contribution in [0.5, 0.6) is 5.75 Å². The zero-order valence-electron chi connectivity index (χ0n) is 14.5. The molecule has 2 heterocycles. The third kappa shape index (κ3) is 4.30. The fourth-order valence-electron chi connectivity index (χ4n) is 2.62. The molecule has 27 heavy (non-hydrogen) atoms. The van der Waals surface area contributed by atoms with Crippen LogP contribution in [0.4, 0.5) is 5.69 Å². The standard InChI is InChI=1S/C20H16ClN3OS2/c1-25-16-7-5-13(6-8-16)18-12-26-19(24-18)14-3-2-4-15(9-14)22-10-17-11-23-20(21)27-17/h2-9,11-12,22H,10H2,1H3. The van der Waals surface area contributed by atoms with Gasteiger partial charge in [0.05, 0.1) is 19.3 Å². The molecule has 4 nitrogen and oxygen atoms in total. The molecule has 0 spiro atoms. The maximum absolute atomic E-state index is 5.88. The Morgan fingerprint density at radius 2 is 1.96 bits per heavy atom. The Morgan fingerprint density at radius 1 is 1.11 bits per heavy atom. The first-order valence-corrected chi connectivity index (χ1v) is 10.3. The molecule has 0 saturated heterocycles. The summed E-state index contributed by atoms with van der Waals surface area (Å²) in [4.78, 5) is 9.96. The molecule has 7 heteroatoms. The minimum Gasteiger partial charge on any atom is -0.497 e. The molecule has 136 valence electrons. The van der Waals surface area contributed by atoms with Crippen molar-refractivity contribution in [1.82, 2.24) is 9.97 Å². The van der Waals surface area contributed by atoms with E-state index >= 15 is 0 Å². The molecule has 0 saturated carbocycles. The molecule has 4 aromatic rings. The van der Waals surface area contributed by atoms with Crippen molar-refractivity contribution in [2.24, 2.45) is 0 Å². The fourth-order valence-corrected chi connectivity index (χ4v) is 4.36. The highest BCUT2D eigenvalue weighted by Gasteiger charge is 2.08. The van der Waals surface area contributed by atoms with E-state index in [9.17, 15) is 0 Å². The number of hydrogen-bond acceptors (Lipinski definition) is 6. The largest absolute Gasteiger partial charge is 0.497 e. The highest BCUT2D eigenvalue weighted by Crippen LogP contribution is 2.31. The van der Waals surface area contributed by atoms with Crippen molar-refractivity contribution in [2.45, 2.75) is 6.54 Å². The number of halogens is 1. The van der Waals surface area contributed by atoms with Crippen LogP contribution in [0.3, 0.4) is 0 Å². The van der Waals surface area contributed by atoms with E-state index in [1.165, 1.54) is 11.3 Å². The molecule has 0 aliphatic heterocycles. The van der Waals surface area contributed by atoms with Gasteiger partial charge in [-0.05, 0) is 36.4 Å². The van der Waals surface area contributed by atoms with Gasteiger partial charge in [0.2, 0.25) is 0 Å². The molecular formula is C20H16ClN3OS2. The van der Waals surface area contributed by atoms with E-state index < -0.39 is 0 Å². The van der Waals surface area contributed by atoms with Gasteiger partial charge in [-0.15, -0.1) is 22.7 Å². The van der Waals surface area contributed by atoms with Crippen LogP contribution >= 0.6 is 34.3 Å². The predicted molar refractivity (Wildman–Crippen MR) is 114 cm³/mol. The second-order valence-corrected chi connectivity index (χ2v) is 8.34. The van der Waals surface area contributed by atoms with Crippen LogP contribution in [-0.4, -0.2) is 17.1 Å². The smallest absolute Gasteiger partial charge is 0.183 e. The Balaban J connectivity index is 1.50. The summed E-state index contributed by atoms with van der Waals surface area (Å²) in [7, 11) is 1.67. The zero-order chi connectivity index (χ0) is 18.6. The molecule has 0 unspecified atom stereocenters. The van der Waals surface area contributed by atoms with Crippen molar-refractivity contribution in [3.05, 3.63) is 69.5 Å². The van der Waals surface area contributed by atoms with E-state index in [1.54, 1.807) is 24.6 Å². The van der Waals surface area contributed by atoms with Crippen LogP contribution < -0.4 is 10.1 Å². The fraction of sp³-hybridized carbons (Fsp3) is 0.100. The third-order valence-electron chi connectivity index (χ3n) is 3.99. The van der Waals surface area contributed by atoms with Crippen LogP contribution in [0.1, 0.15) is 4.88 Å². The summed E-state index contributed by atoms with van der Waals surface area (Å²) >= 11 is 9.01. The molecule has 0 amide bonds. The average Bonchev–Trinajstić information content (AvgIpc) is 3.36. The number of benzene rings is 2. The maximum atomic E-state index is 5.88. The van der Waals surface area contributed by atoms with E-state index in [4.69, 9.17) is 21.3 Å². The number of ether oxygens (including phenoxy) is 1. The predicted octanol–water partition coefficient (Wildman–Crippen LogP) is 6.21. The Labute approximate surface area is 170 Å². The highest BCUT2D eigenvalue weighted by molar-refractivity contribution is 7.15. The second kappa shape index (κ2) is 8.08. The topological polar surface area (TPSA) is 47.0 Å². The Morgan fingerprint density at radius 3 is 2.70 bits per heavy atom. The maximum Gasteiger partial charge on any atom is 0.183 e. The lowest BCUT2D eigenvalue weighted by Gasteiger charge is -2.06. The Bertz CT molecular complexity index is 1040. The van der Waals surface area contributed by atoms with Crippen LogP contribution in [0.2, 0.25) is 4.47 Å². The summed E-state index contributed by atoms with van der Waals surface area (Å²) in [5, 5.41) is 6.48. The van der Waals surface area contributed by atoms with Gasteiger partial charge in [-0.2, -0.15) is 0 Å². The average molecular weight is 414 g/mol. The molecule has 4 rings (SSSR count). The number of nitrogens with zero attached hydrogens (tertiary/aromatic N) is 2. The third-order valence-corrected chi connectivity index (χ3v) is 6.00. The van der Waals surface area contributed by atoms with Gasteiger partial charge in [0.15, 0.2) is 4.47 Å². The molecule has 0 fully saturated rings. The molecular weight excluding hydrogens is 398 g/mol. The van der Waals surface area contributed by atoms with Crippen molar-refractivity contribution in [3.63, 3.8) is 0 Å². The second-order valence-electron chi connectivity index (χ2n) is 5.78. The lowest BCUT2D eigenvalue weighted by atomic mass is 10.1. The number of thiazole rings is 2. The van der Waals surface area contributed by atoms with Crippen LogP contribution in [0.25, 0.3) is 21.8 Å². The zero-order valence-corrected chi connectivity index (χ0v) is 16.9. The number of anilines is 1. The van der Waals surface area contributed by atoms with Crippen molar-refractivity contribution >= 4 is 40.0 Å². The summed E-state index contributed by atoms with van der Waals surface area (Å²) < 4.78 is 5.78. The normalized spacial score (nSPS) is 10.7. The minimum atomic E-state index is 0.564. The van der Waals surface area contributed by atoms with E-state index in [0.717, 1.165) is 38.1 Å². The van der Waals surface area contributed by atoms with Crippen molar-refractivity contribution in [3.8, 4) is 27.6 Å². The van der Waals surface area contributed by atoms with Gasteiger partial charge in [0.25, 0.3) is 0 Å². The summed E-state index contributed by atoms with van der Waals surface area (Å²) in [5.74, 6) is 0.843. The highest BCUT2D eigenvalue weighted by atomic mass is 35.5. The molecule has 0 aliphatic carbocycles. The summed E-state index contributed by atoms with van der Waals surface area (Å²) in [5.41, 5.74) is 4.18. The lowest BCUT2D eigenvalue weighted by molar-refractivity contribution is 0.415. The van der Waals surface area contributed by atoms with Gasteiger partial charge < -0.3 is 10.1 Å². The van der Waals surface area contributed by atoms with E-state index in [2.05, 4.69) is 27.8 Å². The van der Waals surface area contributed by atoms with Crippen LogP contribution in [0, 0.1) is 0 Å². The number of rotatable bonds is 6. The molecule has 0 radical (unpaired) electrons. The van der Waals surface area contributed by atoms with E-state index in [0.29, 0.717) is 11.0 Å². The first-order valence-electron chi connectivity index (χ1n) is 8.26. The Kier molecular flexibility index (Phi) is 5.38. The number of hydrogen-bond donors (Lipinski definition) is 1. The number of aromatic nitrogens is 2. The van der Waals surface area contributed by atoms with Gasteiger partial charge in [-0.25, -0.2) is 9.97 Å². The van der Waals surface area contributed by atoms with Gasteiger partial charge in [-0.3, -0.25) is 0 Å². The summed E-state index contributed by atoms with van der Waals surface area (Å²) in [6.07, 6.45) is 1.80. The number of nitrogens with one attached hydrogen (secondary N) is 1. The quantitative estimate of drug-likeness (QED) is 0.408. The molecule has 0 aliphatic rings. The molecule has 2 aromatic carbocycles. The SMILES string of the molecule is COc1ccc(-c2csc(-c3cccc(NCc4cnc(Cl)s4)c3)n2)cc1. The van der Waals surface area contributed by atoms with Crippen molar-refractivity contribution in [2.75, 3.05) is 12.4 Å². The van der Waals surface area contributed by atoms with E-state index in [1.807, 2.05) is 36.4 Å². The first-order chi connectivity index (χ1) is 13.2. The van der Waals surface area contributed by atoms with Gasteiger partial charge in [0, 0.05) is 33.3 Å². The minimum absolute atomic E-state index is 0.564. The summed E-state index contributed by atoms with van der Waals surface area (Å²) in [6.45, 7) is 0.697. The van der Waals surface area contributed by atoms with Gasteiger partial charge in [0.1, 0.15) is 10.8 Å². The van der Waals surface area contributed by atoms with Crippen LogP contribution in [0.15, 0.2) is 60.1 Å². The van der Waals surface area contributed by atoms with Crippen LogP contribution in [-0.2, 0) is 6.54 Å². The monoisotopic (exact) mass is 413 g/mol. The van der Waals surface area contributed by atoms with Crippen molar-refractivity contribution in [1.29, 1.82) is 0 Å². The van der Waals surface area contributed by atoms with Gasteiger partial charge >= 0.3 is 0 Å². The van der Waals surface area contributed by atoms with Gasteiger partial charge in [-0.1, -0.05) is 23.7 Å². The number of methoxy groups -OCH3 is 1. The molecule has 0 atom stereocenters. The molecule has 2 aromatic heterocycles.